The molecule has 2 aromatic rings. The van der Waals surface area contributed by atoms with E-state index in [-0.39, 0.29) is 11.7 Å². The Kier molecular flexibility index (Phi) is 3.93. The van der Waals surface area contributed by atoms with Gasteiger partial charge >= 0.3 is 0 Å². The summed E-state index contributed by atoms with van der Waals surface area (Å²) in [7, 11) is 0. The molecule has 3 N–H and O–H groups in total. The van der Waals surface area contributed by atoms with E-state index in [1.807, 2.05) is 6.92 Å². The number of hydrogen-bond donors (Lipinski definition) is 2. The molecule has 0 amide bonds. The molecule has 2 rings (SSSR count). The summed E-state index contributed by atoms with van der Waals surface area (Å²) in [6, 6.07) is 8.27. The van der Waals surface area contributed by atoms with Crippen LogP contribution in [0.5, 0.6) is 11.6 Å². The molecule has 0 fully saturated rings. The first-order valence-electron chi connectivity index (χ1n) is 5.41. The number of aryl methyl sites for hydroxylation is 1. The van der Waals surface area contributed by atoms with Gasteiger partial charge in [0.1, 0.15) is 11.6 Å². The van der Waals surface area contributed by atoms with Gasteiger partial charge in [0, 0.05) is 15.7 Å². The predicted molar refractivity (Wildman–Crippen MR) is 76.5 cm³/mol. The number of aromatic nitrogens is 1. The molecular weight excluding hydrogens is 285 g/mol. The molecule has 0 unspecified atom stereocenters. The maximum atomic E-state index is 7.50. The molecule has 0 atom stereocenters. The second kappa shape index (κ2) is 5.47. The summed E-state index contributed by atoms with van der Waals surface area (Å²) in [6.45, 7) is 1.82. The lowest BCUT2D eigenvalue weighted by atomic mass is 10.2. The Bertz CT molecular complexity index is 624. The van der Waals surface area contributed by atoms with Crippen molar-refractivity contribution in [3.8, 4) is 11.6 Å². The molecule has 0 aliphatic carbocycles. The third-order valence-corrected chi connectivity index (χ3v) is 2.78. The monoisotopic (exact) mass is 295 g/mol. The average Bonchev–Trinajstić information content (AvgIpc) is 2.26. The van der Waals surface area contributed by atoms with Crippen molar-refractivity contribution in [1.29, 1.82) is 5.41 Å². The molecule has 0 aliphatic heterocycles. The number of nitrogens with one attached hydrogen (secondary N) is 1. The van der Waals surface area contributed by atoms with E-state index in [4.69, 9.17) is 39.1 Å². The number of ether oxygens (including phenoxy) is 1. The van der Waals surface area contributed by atoms with Crippen LogP contribution in [0.3, 0.4) is 0 Å². The molecule has 1 aromatic heterocycles. The highest BCUT2D eigenvalue weighted by atomic mass is 35.5. The molecule has 4 nitrogen and oxygen atoms in total. The summed E-state index contributed by atoms with van der Waals surface area (Å²) < 4.78 is 5.61. The minimum atomic E-state index is -0.115. The molecule has 1 aromatic carbocycles. The normalized spacial score (nSPS) is 10.3. The first-order chi connectivity index (χ1) is 8.95. The number of amidine groups is 1. The molecule has 0 radical (unpaired) electrons. The third-order valence-electron chi connectivity index (χ3n) is 2.34. The first-order valence-corrected chi connectivity index (χ1v) is 6.17. The number of nitrogen functional groups attached to an aromatic ring is 1. The van der Waals surface area contributed by atoms with E-state index in [0.717, 1.165) is 5.69 Å². The lowest BCUT2D eigenvalue weighted by Gasteiger charge is -2.10. The van der Waals surface area contributed by atoms with Gasteiger partial charge in [-0.3, -0.25) is 5.41 Å². The Morgan fingerprint density at radius 1 is 1.21 bits per heavy atom. The van der Waals surface area contributed by atoms with Gasteiger partial charge in [-0.25, -0.2) is 4.98 Å². The summed E-state index contributed by atoms with van der Waals surface area (Å²) in [4.78, 5) is 4.22. The van der Waals surface area contributed by atoms with E-state index in [1.165, 1.54) is 0 Å². The Balaban J connectivity index is 2.42. The molecule has 0 saturated heterocycles. The quantitative estimate of drug-likeness (QED) is 0.669. The van der Waals surface area contributed by atoms with Crippen LogP contribution in [0.15, 0.2) is 30.3 Å². The Hall–Kier alpha value is -1.78. The molecule has 0 saturated carbocycles. The zero-order valence-electron chi connectivity index (χ0n) is 10.1. The highest BCUT2D eigenvalue weighted by Gasteiger charge is 2.10. The van der Waals surface area contributed by atoms with Crippen molar-refractivity contribution in [2.75, 3.05) is 0 Å². The van der Waals surface area contributed by atoms with Crippen molar-refractivity contribution >= 4 is 29.0 Å². The van der Waals surface area contributed by atoms with Crippen LogP contribution >= 0.6 is 23.2 Å². The zero-order chi connectivity index (χ0) is 14.0. The fourth-order valence-corrected chi connectivity index (χ4v) is 2.02. The summed E-state index contributed by atoms with van der Waals surface area (Å²) in [5, 5.41) is 8.42. The lowest BCUT2D eigenvalue weighted by molar-refractivity contribution is 0.460. The van der Waals surface area contributed by atoms with Crippen LogP contribution in [-0.2, 0) is 0 Å². The maximum Gasteiger partial charge on any atom is 0.230 e. The molecule has 98 valence electrons. The molecule has 6 heteroatoms. The molecular formula is C13H11Cl2N3O. The Labute approximate surface area is 120 Å². The van der Waals surface area contributed by atoms with Crippen molar-refractivity contribution in [3.05, 3.63) is 51.6 Å². The molecule has 0 aliphatic rings. The molecule has 19 heavy (non-hydrogen) atoms. The van der Waals surface area contributed by atoms with Crippen molar-refractivity contribution in [2.24, 2.45) is 5.73 Å². The van der Waals surface area contributed by atoms with Gasteiger partial charge in [0.05, 0.1) is 5.56 Å². The van der Waals surface area contributed by atoms with Gasteiger partial charge in [-0.05, 0) is 37.3 Å². The molecule has 0 bridgehead atoms. The van der Waals surface area contributed by atoms with E-state index < -0.39 is 0 Å². The standard InChI is InChI=1S/C13H11Cl2N3O/c1-7-2-3-11(12(16)17)13(18-7)19-10-5-8(14)4-9(15)6-10/h2-6H,1H3,(H3,16,17). The van der Waals surface area contributed by atoms with E-state index in [0.29, 0.717) is 21.4 Å². The number of hydrogen-bond acceptors (Lipinski definition) is 3. The maximum absolute atomic E-state index is 7.50. The largest absolute Gasteiger partial charge is 0.438 e. The summed E-state index contributed by atoms with van der Waals surface area (Å²) in [6.07, 6.45) is 0. The smallest absolute Gasteiger partial charge is 0.230 e. The second-order valence-corrected chi connectivity index (χ2v) is 4.80. The van der Waals surface area contributed by atoms with E-state index in [2.05, 4.69) is 4.98 Å². The predicted octanol–water partition coefficient (Wildman–Crippen LogP) is 3.77. The van der Waals surface area contributed by atoms with E-state index in [9.17, 15) is 0 Å². The topological polar surface area (TPSA) is 72.0 Å². The SMILES string of the molecule is Cc1ccc(C(=N)N)c(Oc2cc(Cl)cc(Cl)c2)n1. The van der Waals surface area contributed by atoms with Gasteiger partial charge in [-0.2, -0.15) is 0 Å². The number of nitrogens with zero attached hydrogens (tertiary/aromatic N) is 1. The number of nitrogens with two attached hydrogens (primary N) is 1. The highest BCUT2D eigenvalue weighted by Crippen LogP contribution is 2.29. The van der Waals surface area contributed by atoms with Crippen LogP contribution in [0, 0.1) is 12.3 Å². The fourth-order valence-electron chi connectivity index (χ4n) is 1.51. The third kappa shape index (κ3) is 3.36. The van der Waals surface area contributed by atoms with Gasteiger partial charge in [0.15, 0.2) is 0 Å². The van der Waals surface area contributed by atoms with Crippen molar-refractivity contribution in [1.82, 2.24) is 4.98 Å². The fraction of sp³-hybridized carbons (Fsp3) is 0.0769. The Morgan fingerprint density at radius 3 is 2.42 bits per heavy atom. The van der Waals surface area contributed by atoms with Crippen molar-refractivity contribution in [2.45, 2.75) is 6.92 Å². The minimum Gasteiger partial charge on any atom is -0.438 e. The summed E-state index contributed by atoms with van der Waals surface area (Å²) in [5.74, 6) is 0.583. The minimum absolute atomic E-state index is 0.115. The second-order valence-electron chi connectivity index (χ2n) is 3.93. The first kappa shape index (κ1) is 13.6. The number of benzene rings is 1. The summed E-state index contributed by atoms with van der Waals surface area (Å²) >= 11 is 11.8. The van der Waals surface area contributed by atoms with Crippen LogP contribution in [0.25, 0.3) is 0 Å². The Morgan fingerprint density at radius 2 is 1.84 bits per heavy atom. The van der Waals surface area contributed by atoms with Crippen molar-refractivity contribution in [3.63, 3.8) is 0 Å². The van der Waals surface area contributed by atoms with Crippen LogP contribution in [-0.4, -0.2) is 10.8 Å². The van der Waals surface area contributed by atoms with E-state index >= 15 is 0 Å². The van der Waals surface area contributed by atoms with Gasteiger partial charge in [0.25, 0.3) is 0 Å². The van der Waals surface area contributed by atoms with Crippen LogP contribution in [0.1, 0.15) is 11.3 Å². The molecule has 1 heterocycles. The van der Waals surface area contributed by atoms with Crippen LogP contribution in [0.2, 0.25) is 10.0 Å². The van der Waals surface area contributed by atoms with Gasteiger partial charge in [-0.1, -0.05) is 23.2 Å². The zero-order valence-corrected chi connectivity index (χ0v) is 11.6. The lowest BCUT2D eigenvalue weighted by Crippen LogP contribution is -2.13. The number of rotatable bonds is 3. The van der Waals surface area contributed by atoms with Crippen molar-refractivity contribution < 1.29 is 4.74 Å². The van der Waals surface area contributed by atoms with Crippen LogP contribution in [0.4, 0.5) is 0 Å². The van der Waals surface area contributed by atoms with Gasteiger partial charge < -0.3 is 10.5 Å². The van der Waals surface area contributed by atoms with Gasteiger partial charge in [-0.15, -0.1) is 0 Å². The average molecular weight is 296 g/mol. The molecule has 0 spiro atoms. The van der Waals surface area contributed by atoms with Crippen LogP contribution < -0.4 is 10.5 Å². The highest BCUT2D eigenvalue weighted by molar-refractivity contribution is 6.34. The number of halogens is 2. The van der Waals surface area contributed by atoms with E-state index in [1.54, 1.807) is 30.3 Å². The summed E-state index contributed by atoms with van der Waals surface area (Å²) in [5.41, 5.74) is 6.67. The number of pyridine rings is 1. The van der Waals surface area contributed by atoms with Gasteiger partial charge in [0.2, 0.25) is 5.88 Å².